The highest BCUT2D eigenvalue weighted by Gasteiger charge is 2.23. The van der Waals surface area contributed by atoms with Crippen molar-refractivity contribution >= 4 is 22.8 Å². The first-order valence-corrected chi connectivity index (χ1v) is 9.80. The summed E-state index contributed by atoms with van der Waals surface area (Å²) in [6, 6.07) is 6.42. The van der Waals surface area contributed by atoms with Crippen LogP contribution in [0.1, 0.15) is 43.3 Å². The predicted molar refractivity (Wildman–Crippen MR) is 111 cm³/mol. The van der Waals surface area contributed by atoms with E-state index in [0.717, 1.165) is 5.69 Å². The predicted octanol–water partition coefficient (Wildman–Crippen LogP) is 4.66. The van der Waals surface area contributed by atoms with Crippen molar-refractivity contribution in [1.82, 2.24) is 24.5 Å². The third kappa shape index (κ3) is 3.92. The lowest BCUT2D eigenvalue weighted by molar-refractivity contribution is -0.116. The van der Waals surface area contributed by atoms with E-state index in [1.807, 2.05) is 20.8 Å². The number of alkyl halides is 2. The number of fused-ring (bicyclic) bond motifs is 1. The lowest BCUT2D eigenvalue weighted by atomic mass is 10.1. The highest BCUT2D eigenvalue weighted by atomic mass is 19.3. The van der Waals surface area contributed by atoms with Gasteiger partial charge in [0.25, 0.3) is 6.43 Å². The van der Waals surface area contributed by atoms with E-state index >= 15 is 0 Å². The zero-order valence-electron chi connectivity index (χ0n) is 17.6. The van der Waals surface area contributed by atoms with Crippen LogP contribution < -0.4 is 5.32 Å². The number of amides is 1. The number of nitrogens with one attached hydrogen (secondary N) is 1. The van der Waals surface area contributed by atoms with Crippen molar-refractivity contribution in [2.75, 3.05) is 5.32 Å². The molecule has 0 radical (unpaired) electrons. The van der Waals surface area contributed by atoms with Gasteiger partial charge in [-0.25, -0.2) is 23.1 Å². The first-order valence-electron chi connectivity index (χ1n) is 9.80. The van der Waals surface area contributed by atoms with E-state index in [2.05, 4.69) is 20.5 Å². The molecule has 4 heterocycles. The fourth-order valence-corrected chi connectivity index (χ4v) is 3.54. The van der Waals surface area contributed by atoms with Crippen LogP contribution in [0.15, 0.2) is 34.9 Å². The van der Waals surface area contributed by atoms with Gasteiger partial charge >= 0.3 is 0 Å². The maximum atomic E-state index is 13.8. The molecular formula is C21H22F2N6O2. The SMILES string of the molecule is Cc1cc(NC(=O)Cn2nc(C)c3c(C(F)F)cc(-c4ccco4)nc32)n(C(C)C)n1. The average Bonchev–Trinajstić information content (AvgIpc) is 3.41. The summed E-state index contributed by atoms with van der Waals surface area (Å²) in [6.07, 6.45) is -1.29. The number of anilines is 1. The molecular weight excluding hydrogens is 406 g/mol. The number of aryl methyl sites for hydroxylation is 2. The minimum absolute atomic E-state index is 0.0582. The number of pyridine rings is 1. The Bertz CT molecular complexity index is 1240. The van der Waals surface area contributed by atoms with E-state index in [4.69, 9.17) is 4.42 Å². The molecule has 0 unspecified atom stereocenters. The van der Waals surface area contributed by atoms with Crippen LogP contribution in [0.5, 0.6) is 0 Å². The molecule has 4 aromatic rings. The normalized spacial score (nSPS) is 11.7. The van der Waals surface area contributed by atoms with Gasteiger partial charge in [-0.05, 0) is 45.9 Å². The van der Waals surface area contributed by atoms with E-state index in [1.54, 1.807) is 29.8 Å². The number of furan rings is 1. The van der Waals surface area contributed by atoms with Crippen molar-refractivity contribution in [3.8, 4) is 11.5 Å². The molecule has 0 bridgehead atoms. The Labute approximate surface area is 176 Å². The van der Waals surface area contributed by atoms with Crippen molar-refractivity contribution in [3.63, 3.8) is 0 Å². The second-order valence-corrected chi connectivity index (χ2v) is 7.57. The molecule has 0 atom stereocenters. The molecule has 10 heteroatoms. The molecule has 1 N–H and O–H groups in total. The fraction of sp³-hybridized carbons (Fsp3) is 0.333. The van der Waals surface area contributed by atoms with Crippen molar-refractivity contribution in [2.24, 2.45) is 0 Å². The van der Waals surface area contributed by atoms with Crippen LogP contribution in [0.3, 0.4) is 0 Å². The van der Waals surface area contributed by atoms with Gasteiger partial charge in [0.05, 0.1) is 23.0 Å². The van der Waals surface area contributed by atoms with Gasteiger partial charge in [-0.3, -0.25) is 4.79 Å². The number of aromatic nitrogens is 5. The zero-order valence-corrected chi connectivity index (χ0v) is 17.6. The standard InChI is InChI=1S/C21H22F2N6O2/c1-11(2)29-17(8-12(3)26-29)25-18(30)10-28-21-19(13(4)27-28)14(20(22)23)9-15(24-21)16-6-5-7-31-16/h5-9,11,20H,10H2,1-4H3,(H,25,30). The molecule has 8 nitrogen and oxygen atoms in total. The summed E-state index contributed by atoms with van der Waals surface area (Å²) in [7, 11) is 0. The molecule has 1 amide bonds. The van der Waals surface area contributed by atoms with Gasteiger partial charge in [0, 0.05) is 17.7 Å². The number of carbonyl (C=O) groups excluding carboxylic acids is 1. The lowest BCUT2D eigenvalue weighted by Crippen LogP contribution is -2.22. The third-order valence-corrected chi connectivity index (χ3v) is 4.82. The monoisotopic (exact) mass is 428 g/mol. The van der Waals surface area contributed by atoms with E-state index in [9.17, 15) is 13.6 Å². The maximum absolute atomic E-state index is 13.8. The maximum Gasteiger partial charge on any atom is 0.264 e. The number of halogens is 2. The molecule has 0 spiro atoms. The summed E-state index contributed by atoms with van der Waals surface area (Å²) in [5.74, 6) is 0.549. The van der Waals surface area contributed by atoms with Crippen LogP contribution in [0.25, 0.3) is 22.5 Å². The van der Waals surface area contributed by atoms with Crippen LogP contribution in [0.4, 0.5) is 14.6 Å². The second-order valence-electron chi connectivity index (χ2n) is 7.57. The molecule has 0 fully saturated rings. The smallest absolute Gasteiger partial charge is 0.264 e. The summed E-state index contributed by atoms with van der Waals surface area (Å²) in [5.41, 5.74) is 1.40. The fourth-order valence-electron chi connectivity index (χ4n) is 3.54. The molecule has 31 heavy (non-hydrogen) atoms. The van der Waals surface area contributed by atoms with Gasteiger partial charge in [0.2, 0.25) is 5.91 Å². The molecule has 4 rings (SSSR count). The van der Waals surface area contributed by atoms with Gasteiger partial charge in [-0.1, -0.05) is 0 Å². The Morgan fingerprint density at radius 3 is 2.65 bits per heavy atom. The van der Waals surface area contributed by atoms with Crippen molar-refractivity contribution in [3.05, 3.63) is 47.5 Å². The topological polar surface area (TPSA) is 90.8 Å². The van der Waals surface area contributed by atoms with Gasteiger partial charge in [-0.15, -0.1) is 0 Å². The number of hydrogen-bond donors (Lipinski definition) is 1. The first-order chi connectivity index (χ1) is 14.7. The lowest BCUT2D eigenvalue weighted by Gasteiger charge is -2.12. The number of hydrogen-bond acceptors (Lipinski definition) is 5. The number of nitrogens with zero attached hydrogens (tertiary/aromatic N) is 5. The Balaban J connectivity index is 1.72. The highest BCUT2D eigenvalue weighted by molar-refractivity contribution is 5.91. The summed E-state index contributed by atoms with van der Waals surface area (Å²) in [6.45, 7) is 7.18. The Morgan fingerprint density at radius 1 is 1.23 bits per heavy atom. The van der Waals surface area contributed by atoms with Crippen LogP contribution in [-0.4, -0.2) is 30.5 Å². The number of carbonyl (C=O) groups is 1. The average molecular weight is 428 g/mol. The summed E-state index contributed by atoms with van der Waals surface area (Å²) < 4.78 is 36.0. The van der Waals surface area contributed by atoms with Gasteiger partial charge < -0.3 is 9.73 Å². The second kappa shape index (κ2) is 7.93. The largest absolute Gasteiger partial charge is 0.463 e. The van der Waals surface area contributed by atoms with Crippen LogP contribution in [0.2, 0.25) is 0 Å². The molecule has 0 saturated carbocycles. The summed E-state index contributed by atoms with van der Waals surface area (Å²) in [4.78, 5) is 17.2. The molecule has 0 aliphatic rings. The Kier molecular flexibility index (Phi) is 5.30. The highest BCUT2D eigenvalue weighted by Crippen LogP contribution is 2.33. The molecule has 4 aromatic heterocycles. The van der Waals surface area contributed by atoms with Crippen LogP contribution in [0, 0.1) is 13.8 Å². The van der Waals surface area contributed by atoms with Crippen molar-refractivity contribution in [1.29, 1.82) is 0 Å². The Morgan fingerprint density at radius 2 is 2.00 bits per heavy atom. The van der Waals surface area contributed by atoms with E-state index in [0.29, 0.717) is 17.3 Å². The molecule has 162 valence electrons. The molecule has 0 aromatic carbocycles. The van der Waals surface area contributed by atoms with E-state index in [-0.39, 0.29) is 40.8 Å². The summed E-state index contributed by atoms with van der Waals surface area (Å²) in [5, 5.41) is 11.7. The zero-order chi connectivity index (χ0) is 22.3. The number of rotatable bonds is 6. The van der Waals surface area contributed by atoms with Gasteiger partial charge in [0.15, 0.2) is 11.4 Å². The van der Waals surface area contributed by atoms with E-state index < -0.39 is 6.43 Å². The molecule has 0 aliphatic carbocycles. The molecule has 0 aliphatic heterocycles. The minimum atomic E-state index is -2.73. The van der Waals surface area contributed by atoms with Gasteiger partial charge in [-0.2, -0.15) is 10.2 Å². The van der Waals surface area contributed by atoms with Crippen molar-refractivity contribution < 1.29 is 18.0 Å². The van der Waals surface area contributed by atoms with E-state index in [1.165, 1.54) is 17.0 Å². The summed E-state index contributed by atoms with van der Waals surface area (Å²) >= 11 is 0. The van der Waals surface area contributed by atoms with Crippen LogP contribution >= 0.6 is 0 Å². The Hall–Kier alpha value is -3.56. The molecule has 0 saturated heterocycles. The minimum Gasteiger partial charge on any atom is -0.463 e. The van der Waals surface area contributed by atoms with Gasteiger partial charge in [0.1, 0.15) is 18.1 Å². The quantitative estimate of drug-likeness (QED) is 0.482. The van der Waals surface area contributed by atoms with Crippen LogP contribution in [-0.2, 0) is 11.3 Å². The third-order valence-electron chi connectivity index (χ3n) is 4.82. The van der Waals surface area contributed by atoms with Crippen molar-refractivity contribution in [2.45, 2.75) is 46.7 Å². The first kappa shape index (κ1) is 20.7.